The van der Waals surface area contributed by atoms with E-state index in [9.17, 15) is 9.90 Å². The molecule has 2 aromatic carbocycles. The standard InChI is InChI=1S/C27H34N2O3S/c1-8-32-24(31)20-21(16-12-10-9-11-13-16)28-25(33)29-22(20)17-14-18(26(2,3)4)23(30)19(15-17)27(5,6)7/h9-15,22,30H,8H2,1-7H3,(H2,28,29,33)/t22-/m0/s1. The van der Waals surface area contributed by atoms with Crippen molar-refractivity contribution in [3.05, 3.63) is 70.3 Å². The Morgan fingerprint density at radius 1 is 1.03 bits per heavy atom. The van der Waals surface area contributed by atoms with Gasteiger partial charge in [-0.05, 0) is 64.4 Å². The molecule has 5 nitrogen and oxygen atoms in total. The first-order valence-electron chi connectivity index (χ1n) is 11.3. The Kier molecular flexibility index (Phi) is 6.89. The topological polar surface area (TPSA) is 70.6 Å². The molecule has 0 saturated heterocycles. The molecular weight excluding hydrogens is 432 g/mol. The van der Waals surface area contributed by atoms with Crippen LogP contribution in [-0.4, -0.2) is 22.8 Å². The van der Waals surface area contributed by atoms with Crippen molar-refractivity contribution in [2.24, 2.45) is 0 Å². The lowest BCUT2D eigenvalue weighted by atomic mass is 9.77. The second-order valence-corrected chi connectivity index (χ2v) is 10.8. The van der Waals surface area contributed by atoms with Crippen LogP contribution in [0.4, 0.5) is 0 Å². The Morgan fingerprint density at radius 2 is 1.58 bits per heavy atom. The lowest BCUT2D eigenvalue weighted by Crippen LogP contribution is -2.45. The maximum Gasteiger partial charge on any atom is 0.338 e. The molecule has 1 atom stereocenters. The number of ether oxygens (including phenoxy) is 1. The van der Waals surface area contributed by atoms with E-state index in [1.54, 1.807) is 6.92 Å². The zero-order valence-corrected chi connectivity index (χ0v) is 21.3. The minimum Gasteiger partial charge on any atom is -0.507 e. The highest BCUT2D eigenvalue weighted by Gasteiger charge is 2.35. The minimum absolute atomic E-state index is 0.262. The number of rotatable bonds is 4. The van der Waals surface area contributed by atoms with Gasteiger partial charge in [0.2, 0.25) is 0 Å². The van der Waals surface area contributed by atoms with Crippen molar-refractivity contribution >= 4 is 29.0 Å². The van der Waals surface area contributed by atoms with Gasteiger partial charge in [-0.3, -0.25) is 0 Å². The van der Waals surface area contributed by atoms with Crippen molar-refractivity contribution in [3.63, 3.8) is 0 Å². The van der Waals surface area contributed by atoms with E-state index in [1.165, 1.54) is 0 Å². The van der Waals surface area contributed by atoms with E-state index in [4.69, 9.17) is 17.0 Å². The predicted octanol–water partition coefficient (Wildman–Crippen LogP) is 5.48. The van der Waals surface area contributed by atoms with E-state index in [1.807, 2.05) is 42.5 Å². The molecule has 0 unspecified atom stereocenters. The van der Waals surface area contributed by atoms with Gasteiger partial charge in [-0.2, -0.15) is 0 Å². The molecule has 0 fully saturated rings. The molecule has 1 aliphatic heterocycles. The molecule has 176 valence electrons. The Balaban J connectivity index is 2.33. The number of hydrogen-bond acceptors (Lipinski definition) is 4. The number of benzene rings is 2. The summed E-state index contributed by atoms with van der Waals surface area (Å²) in [6, 6.07) is 13.0. The summed E-state index contributed by atoms with van der Waals surface area (Å²) in [5, 5.41) is 18.0. The van der Waals surface area contributed by atoms with Crippen molar-refractivity contribution in [2.75, 3.05) is 6.61 Å². The first-order valence-corrected chi connectivity index (χ1v) is 11.7. The molecule has 0 spiro atoms. The summed E-state index contributed by atoms with van der Waals surface area (Å²) in [7, 11) is 0. The molecule has 3 rings (SSSR count). The summed E-state index contributed by atoms with van der Waals surface area (Å²) >= 11 is 5.54. The van der Waals surface area contributed by atoms with Crippen LogP contribution in [0.15, 0.2) is 48.0 Å². The van der Waals surface area contributed by atoms with Gasteiger partial charge in [-0.25, -0.2) is 4.79 Å². The van der Waals surface area contributed by atoms with Gasteiger partial charge in [-0.15, -0.1) is 0 Å². The van der Waals surface area contributed by atoms with Crippen molar-refractivity contribution in [3.8, 4) is 5.75 Å². The summed E-state index contributed by atoms with van der Waals surface area (Å²) in [5.74, 6) is -0.119. The van der Waals surface area contributed by atoms with Crippen LogP contribution in [-0.2, 0) is 20.4 Å². The highest BCUT2D eigenvalue weighted by atomic mass is 32.1. The first kappa shape index (κ1) is 24.8. The van der Waals surface area contributed by atoms with Gasteiger partial charge in [0.25, 0.3) is 0 Å². The average molecular weight is 467 g/mol. The number of esters is 1. The molecule has 1 heterocycles. The third-order valence-corrected chi connectivity index (χ3v) is 5.93. The smallest absolute Gasteiger partial charge is 0.338 e. The second-order valence-electron chi connectivity index (χ2n) is 10.4. The zero-order valence-electron chi connectivity index (χ0n) is 20.5. The Morgan fingerprint density at radius 3 is 2.06 bits per heavy atom. The molecule has 2 aromatic rings. The van der Waals surface area contributed by atoms with Gasteiger partial charge < -0.3 is 20.5 Å². The predicted molar refractivity (Wildman–Crippen MR) is 137 cm³/mol. The summed E-state index contributed by atoms with van der Waals surface area (Å²) in [6.45, 7) is 14.4. The maximum absolute atomic E-state index is 13.3. The lowest BCUT2D eigenvalue weighted by Gasteiger charge is -2.34. The van der Waals surface area contributed by atoms with Crippen molar-refractivity contribution in [1.29, 1.82) is 0 Å². The highest BCUT2D eigenvalue weighted by Crippen LogP contribution is 2.43. The molecule has 0 saturated carbocycles. The average Bonchev–Trinajstić information content (AvgIpc) is 2.72. The van der Waals surface area contributed by atoms with Gasteiger partial charge in [0.1, 0.15) is 5.75 Å². The number of thiocarbonyl (C=S) groups is 1. The molecule has 0 amide bonds. The second kappa shape index (κ2) is 9.18. The molecule has 0 bridgehead atoms. The van der Waals surface area contributed by atoms with E-state index >= 15 is 0 Å². The van der Waals surface area contributed by atoms with Crippen LogP contribution in [0.3, 0.4) is 0 Å². The zero-order chi connectivity index (χ0) is 24.6. The van der Waals surface area contributed by atoms with Crippen LogP contribution in [0.1, 0.15) is 76.8 Å². The quantitative estimate of drug-likeness (QED) is 0.409. The van der Waals surface area contributed by atoms with Crippen LogP contribution in [0.2, 0.25) is 0 Å². The third kappa shape index (κ3) is 5.22. The molecule has 3 N–H and O–H groups in total. The van der Waals surface area contributed by atoms with Gasteiger partial charge in [0, 0.05) is 0 Å². The first-order chi connectivity index (χ1) is 15.3. The van der Waals surface area contributed by atoms with E-state index in [-0.39, 0.29) is 17.4 Å². The van der Waals surface area contributed by atoms with Gasteiger partial charge in [0.05, 0.1) is 23.9 Å². The Hall–Kier alpha value is -2.86. The summed E-state index contributed by atoms with van der Waals surface area (Å²) in [6.07, 6.45) is 0. The van der Waals surface area contributed by atoms with Crippen molar-refractivity contribution in [1.82, 2.24) is 10.6 Å². The van der Waals surface area contributed by atoms with Crippen molar-refractivity contribution in [2.45, 2.75) is 65.3 Å². The summed E-state index contributed by atoms with van der Waals surface area (Å²) < 4.78 is 5.47. The van der Waals surface area contributed by atoms with Crippen LogP contribution >= 0.6 is 12.2 Å². The van der Waals surface area contributed by atoms with Crippen LogP contribution in [0.5, 0.6) is 5.75 Å². The lowest BCUT2D eigenvalue weighted by molar-refractivity contribution is -0.138. The number of aromatic hydroxyl groups is 1. The molecule has 33 heavy (non-hydrogen) atoms. The molecule has 0 aliphatic carbocycles. The summed E-state index contributed by atoms with van der Waals surface area (Å²) in [4.78, 5) is 13.3. The van der Waals surface area contributed by atoms with E-state index in [0.29, 0.717) is 22.1 Å². The fourth-order valence-electron chi connectivity index (χ4n) is 4.04. The number of phenols is 1. The largest absolute Gasteiger partial charge is 0.507 e. The van der Waals surface area contributed by atoms with Crippen LogP contribution < -0.4 is 10.6 Å². The van der Waals surface area contributed by atoms with Crippen LogP contribution in [0.25, 0.3) is 5.70 Å². The van der Waals surface area contributed by atoms with E-state index in [0.717, 1.165) is 22.3 Å². The molecule has 0 radical (unpaired) electrons. The normalized spacial score (nSPS) is 16.8. The number of carbonyl (C=O) groups excluding carboxylic acids is 1. The monoisotopic (exact) mass is 466 g/mol. The highest BCUT2D eigenvalue weighted by molar-refractivity contribution is 7.80. The Bertz CT molecular complexity index is 1060. The van der Waals surface area contributed by atoms with Gasteiger partial charge in [-0.1, -0.05) is 71.9 Å². The number of hydrogen-bond donors (Lipinski definition) is 3. The number of nitrogens with one attached hydrogen (secondary N) is 2. The maximum atomic E-state index is 13.3. The SMILES string of the molecule is CCOC(=O)C1=C(c2ccccc2)NC(=S)N[C@H]1c1cc(C(C)(C)C)c(O)c(C(C)(C)C)c1. The van der Waals surface area contributed by atoms with E-state index < -0.39 is 12.0 Å². The fourth-order valence-corrected chi connectivity index (χ4v) is 4.26. The Labute approximate surface area is 202 Å². The molecular formula is C27H34N2O3S. The summed E-state index contributed by atoms with van der Waals surface area (Å²) in [5.41, 5.74) is 3.82. The van der Waals surface area contributed by atoms with Crippen LogP contribution in [0, 0.1) is 0 Å². The van der Waals surface area contributed by atoms with E-state index in [2.05, 4.69) is 52.2 Å². The number of carbonyl (C=O) groups is 1. The molecule has 6 heteroatoms. The fraction of sp³-hybridized carbons (Fsp3) is 0.407. The van der Waals surface area contributed by atoms with Crippen molar-refractivity contribution < 1.29 is 14.6 Å². The molecule has 0 aromatic heterocycles. The molecule has 1 aliphatic rings. The van der Waals surface area contributed by atoms with Gasteiger partial charge in [0.15, 0.2) is 5.11 Å². The number of phenolic OH excluding ortho intramolecular Hbond substituents is 1. The minimum atomic E-state index is -0.532. The third-order valence-electron chi connectivity index (χ3n) is 5.71. The van der Waals surface area contributed by atoms with Gasteiger partial charge >= 0.3 is 5.97 Å².